The third-order valence-corrected chi connectivity index (χ3v) is 4.80. The van der Waals surface area contributed by atoms with E-state index in [9.17, 15) is 9.59 Å². The van der Waals surface area contributed by atoms with Crippen LogP contribution in [-0.2, 0) is 5.66 Å². The largest absolute Gasteiger partial charge is 0.336 e. The molecule has 2 N–H and O–H groups in total. The van der Waals surface area contributed by atoms with E-state index >= 15 is 0 Å². The first-order chi connectivity index (χ1) is 12.4. The molecule has 26 heavy (non-hydrogen) atoms. The lowest BCUT2D eigenvalue weighted by molar-refractivity contribution is 0.0900. The van der Waals surface area contributed by atoms with Crippen molar-refractivity contribution in [3.8, 4) is 0 Å². The number of fused-ring (bicyclic) bond motifs is 1. The first-order valence-corrected chi connectivity index (χ1v) is 9.15. The Hall–Kier alpha value is -2.41. The van der Waals surface area contributed by atoms with Gasteiger partial charge in [0.15, 0.2) is 0 Å². The molecule has 0 saturated carbocycles. The van der Waals surface area contributed by atoms with E-state index in [0.717, 1.165) is 12.8 Å². The maximum atomic E-state index is 13.2. The van der Waals surface area contributed by atoms with E-state index in [2.05, 4.69) is 20.6 Å². The van der Waals surface area contributed by atoms with Crippen molar-refractivity contribution in [2.45, 2.75) is 52.1 Å². The molecule has 3 rings (SSSR count). The Balaban J connectivity index is 2.16. The minimum absolute atomic E-state index is 0.225. The fraction of sp³-hybridized carbons (Fsp3) is 0.444. The van der Waals surface area contributed by atoms with Crippen molar-refractivity contribution < 1.29 is 4.79 Å². The molecule has 0 saturated heterocycles. The first-order valence-electron chi connectivity index (χ1n) is 8.77. The third kappa shape index (κ3) is 3.07. The van der Waals surface area contributed by atoms with Crippen LogP contribution in [0.1, 0.15) is 55.8 Å². The number of halogens is 1. The molecule has 0 bridgehead atoms. The molecule has 2 aromatic rings. The van der Waals surface area contributed by atoms with Crippen LogP contribution >= 0.6 is 11.6 Å². The highest BCUT2D eigenvalue weighted by Crippen LogP contribution is 2.34. The predicted octanol–water partition coefficient (Wildman–Crippen LogP) is 3.34. The van der Waals surface area contributed by atoms with Crippen molar-refractivity contribution in [3.63, 3.8) is 0 Å². The fourth-order valence-corrected chi connectivity index (χ4v) is 3.86. The predicted molar refractivity (Wildman–Crippen MR) is 101 cm³/mol. The number of nitrogens with zero attached hydrogens (tertiary/aromatic N) is 3. The van der Waals surface area contributed by atoms with Crippen LogP contribution in [-0.4, -0.2) is 20.4 Å². The molecule has 1 aliphatic heterocycles. The summed E-state index contributed by atoms with van der Waals surface area (Å²) < 4.78 is 1.53. The molecule has 0 radical (unpaired) electrons. The number of aromatic nitrogens is 3. The zero-order valence-corrected chi connectivity index (χ0v) is 15.9. The Morgan fingerprint density at radius 2 is 1.96 bits per heavy atom. The van der Waals surface area contributed by atoms with Crippen LogP contribution in [0.25, 0.3) is 0 Å². The molecule has 1 aliphatic rings. The number of rotatable bonds is 6. The lowest BCUT2D eigenvalue weighted by Gasteiger charge is -2.31. The topological polar surface area (TPSA) is 88.9 Å². The normalized spacial score (nSPS) is 14.8. The second-order valence-corrected chi connectivity index (χ2v) is 6.90. The second-order valence-electron chi connectivity index (χ2n) is 6.49. The van der Waals surface area contributed by atoms with Crippen molar-refractivity contribution in [3.05, 3.63) is 45.2 Å². The van der Waals surface area contributed by atoms with E-state index in [4.69, 9.17) is 11.6 Å². The molecule has 1 amide bonds. The van der Waals surface area contributed by atoms with Gasteiger partial charge in [-0.25, -0.2) is 9.97 Å². The third-order valence-electron chi connectivity index (χ3n) is 4.51. The van der Waals surface area contributed by atoms with Crippen LogP contribution in [0.4, 0.5) is 11.5 Å². The van der Waals surface area contributed by atoms with Crippen molar-refractivity contribution in [2.24, 2.45) is 0 Å². The molecular formula is C18H22ClN5O2. The highest BCUT2D eigenvalue weighted by Gasteiger charge is 2.43. The van der Waals surface area contributed by atoms with E-state index in [1.807, 2.05) is 13.8 Å². The molecule has 0 fully saturated rings. The summed E-state index contributed by atoms with van der Waals surface area (Å²) in [6, 6.07) is 3.16. The molecular weight excluding hydrogens is 354 g/mol. The lowest BCUT2D eigenvalue weighted by atomic mass is 9.98. The van der Waals surface area contributed by atoms with Crippen molar-refractivity contribution in [1.82, 2.24) is 19.9 Å². The number of carbonyl (C=O) groups is 1. The van der Waals surface area contributed by atoms with E-state index in [-0.39, 0.29) is 27.9 Å². The minimum atomic E-state index is -0.740. The Bertz CT molecular complexity index is 903. The number of carbonyl (C=O) groups excluding carboxylic acids is 1. The average Bonchev–Trinajstić information content (AvgIpc) is 2.86. The summed E-state index contributed by atoms with van der Waals surface area (Å²) in [5.41, 5.74) is -0.524. The number of amides is 1. The van der Waals surface area contributed by atoms with E-state index < -0.39 is 5.66 Å². The molecule has 8 heteroatoms. The molecule has 7 nitrogen and oxygen atoms in total. The standard InChI is InChI=1S/C18H22ClN5O2/c1-4-7-18(8-5-2)23-16(25)15-12(19)10-13(17(26)24(15)18)22-14-6-9-20-11(3)21-14/h6,9-10H,4-5,7-8H2,1-3H3,(H,23,25)(H,20,21,22). The van der Waals surface area contributed by atoms with Crippen molar-refractivity contribution >= 4 is 29.0 Å². The van der Waals surface area contributed by atoms with Gasteiger partial charge in [0.1, 0.15) is 28.7 Å². The molecule has 138 valence electrons. The van der Waals surface area contributed by atoms with E-state index in [0.29, 0.717) is 24.5 Å². The summed E-state index contributed by atoms with van der Waals surface area (Å²) in [7, 11) is 0. The van der Waals surface area contributed by atoms with Crippen LogP contribution in [0.2, 0.25) is 5.02 Å². The summed E-state index contributed by atoms with van der Waals surface area (Å²) in [5, 5.41) is 6.26. The van der Waals surface area contributed by atoms with Gasteiger partial charge >= 0.3 is 0 Å². The van der Waals surface area contributed by atoms with Gasteiger partial charge in [0.2, 0.25) is 0 Å². The van der Waals surface area contributed by atoms with Crippen LogP contribution in [0.3, 0.4) is 0 Å². The minimum Gasteiger partial charge on any atom is -0.336 e. The van der Waals surface area contributed by atoms with Gasteiger partial charge in [-0.15, -0.1) is 0 Å². The maximum absolute atomic E-state index is 13.2. The quantitative estimate of drug-likeness (QED) is 0.808. The molecule has 0 aromatic carbocycles. The number of pyridine rings is 1. The Labute approximate surface area is 156 Å². The summed E-state index contributed by atoms with van der Waals surface area (Å²) in [6.07, 6.45) is 4.58. The van der Waals surface area contributed by atoms with E-state index in [1.165, 1.54) is 10.6 Å². The van der Waals surface area contributed by atoms with Crippen molar-refractivity contribution in [1.29, 1.82) is 0 Å². The van der Waals surface area contributed by atoms with Gasteiger partial charge in [-0.2, -0.15) is 0 Å². The fourth-order valence-electron chi connectivity index (χ4n) is 3.58. The van der Waals surface area contributed by atoms with Gasteiger partial charge in [-0.3, -0.25) is 14.2 Å². The monoisotopic (exact) mass is 375 g/mol. The van der Waals surface area contributed by atoms with Crippen LogP contribution in [0.15, 0.2) is 23.1 Å². The number of aryl methyl sites for hydroxylation is 1. The van der Waals surface area contributed by atoms with Crippen LogP contribution in [0, 0.1) is 6.92 Å². The molecule has 0 aliphatic carbocycles. The van der Waals surface area contributed by atoms with Gasteiger partial charge in [-0.05, 0) is 31.9 Å². The molecule has 0 spiro atoms. The van der Waals surface area contributed by atoms with Gasteiger partial charge in [0, 0.05) is 6.20 Å². The van der Waals surface area contributed by atoms with Crippen LogP contribution < -0.4 is 16.2 Å². The smallest absolute Gasteiger partial charge is 0.276 e. The molecule has 2 aromatic heterocycles. The zero-order valence-electron chi connectivity index (χ0n) is 15.1. The number of hydrogen-bond donors (Lipinski definition) is 2. The van der Waals surface area contributed by atoms with Gasteiger partial charge in [-0.1, -0.05) is 38.3 Å². The van der Waals surface area contributed by atoms with Gasteiger partial charge < -0.3 is 10.6 Å². The highest BCUT2D eigenvalue weighted by atomic mass is 35.5. The SMILES string of the molecule is CCCC1(CCC)NC(=O)c2c(Cl)cc(Nc3ccnc(C)n3)c(=O)n21. The van der Waals surface area contributed by atoms with E-state index in [1.54, 1.807) is 19.2 Å². The second kappa shape index (κ2) is 7.07. The Kier molecular flexibility index (Phi) is 5.00. The maximum Gasteiger partial charge on any atom is 0.276 e. The Morgan fingerprint density at radius 1 is 1.27 bits per heavy atom. The highest BCUT2D eigenvalue weighted by molar-refractivity contribution is 6.34. The number of nitrogens with one attached hydrogen (secondary N) is 2. The summed E-state index contributed by atoms with van der Waals surface area (Å²) in [4.78, 5) is 34.0. The summed E-state index contributed by atoms with van der Waals surface area (Å²) in [5.74, 6) is 0.782. The zero-order chi connectivity index (χ0) is 18.9. The average molecular weight is 376 g/mol. The summed E-state index contributed by atoms with van der Waals surface area (Å²) in [6.45, 7) is 5.82. The lowest BCUT2D eigenvalue weighted by Crippen LogP contribution is -2.47. The molecule has 0 atom stereocenters. The molecule has 0 unspecified atom stereocenters. The summed E-state index contributed by atoms with van der Waals surface area (Å²) >= 11 is 6.37. The van der Waals surface area contributed by atoms with Gasteiger partial charge in [0.25, 0.3) is 11.5 Å². The van der Waals surface area contributed by atoms with Gasteiger partial charge in [0.05, 0.1) is 5.02 Å². The molecule has 3 heterocycles. The van der Waals surface area contributed by atoms with Crippen LogP contribution in [0.5, 0.6) is 0 Å². The number of hydrogen-bond acceptors (Lipinski definition) is 5. The number of anilines is 2. The first kappa shape index (κ1) is 18.4. The Morgan fingerprint density at radius 3 is 2.58 bits per heavy atom. The van der Waals surface area contributed by atoms with Crippen molar-refractivity contribution in [2.75, 3.05) is 5.32 Å².